The maximum absolute atomic E-state index is 10.9. The van der Waals surface area contributed by atoms with Crippen LogP contribution in [0.2, 0.25) is 0 Å². The zero-order chi connectivity index (χ0) is 19.3. The molecule has 2 heterocycles. The van der Waals surface area contributed by atoms with Crippen LogP contribution in [0.15, 0.2) is 22.3 Å². The normalized spacial score (nSPS) is 14.3. The third-order valence-corrected chi connectivity index (χ3v) is 6.23. The Bertz CT molecular complexity index is 860. The molecule has 1 aliphatic heterocycles. The minimum absolute atomic E-state index is 0.195. The van der Waals surface area contributed by atoms with Gasteiger partial charge in [0.2, 0.25) is 0 Å². The molecule has 0 atom stereocenters. The number of imidazole rings is 1. The molecule has 26 heavy (non-hydrogen) atoms. The average molecular weight is 388 g/mol. The first-order chi connectivity index (χ1) is 12.0. The molecule has 1 aliphatic rings. The molecule has 0 aliphatic carbocycles. The van der Waals surface area contributed by atoms with Gasteiger partial charge in [0, 0.05) is 40.7 Å². The van der Waals surface area contributed by atoms with Gasteiger partial charge in [0.1, 0.15) is 21.9 Å². The minimum Gasteiger partial charge on any atom is -0.507 e. The topological polar surface area (TPSA) is 61.8 Å². The molecule has 0 saturated carbocycles. The highest BCUT2D eigenvalue weighted by molar-refractivity contribution is 8.03. The molecule has 1 N–H and O–H groups in total. The van der Waals surface area contributed by atoms with E-state index in [4.69, 9.17) is 4.98 Å². The number of benzene rings is 1. The van der Waals surface area contributed by atoms with Gasteiger partial charge >= 0.3 is 0 Å². The van der Waals surface area contributed by atoms with E-state index in [1.165, 1.54) is 11.8 Å². The summed E-state index contributed by atoms with van der Waals surface area (Å²) in [5, 5.41) is 24.3. The first-order valence-corrected chi connectivity index (χ1v) is 10.5. The predicted molar refractivity (Wildman–Crippen MR) is 109 cm³/mol. The van der Waals surface area contributed by atoms with Crippen molar-refractivity contribution in [1.82, 2.24) is 9.55 Å². The van der Waals surface area contributed by atoms with Gasteiger partial charge in [-0.15, -0.1) is 0 Å². The van der Waals surface area contributed by atoms with Crippen molar-refractivity contribution in [2.75, 3.05) is 5.75 Å². The molecule has 0 amide bonds. The molecule has 0 unspecified atom stereocenters. The van der Waals surface area contributed by atoms with Crippen molar-refractivity contribution in [2.24, 2.45) is 0 Å². The van der Waals surface area contributed by atoms with Gasteiger partial charge in [-0.3, -0.25) is 0 Å². The van der Waals surface area contributed by atoms with E-state index in [0.717, 1.165) is 44.9 Å². The standard InChI is InChI=1S/C20H25N3OS2/c1-19(2,3)13-9-12(10-14(16(13)24)20(4,5)6)15-17(26-11-21)23-7-8-25-18(23)22-15/h9-10,24H,7-8H2,1-6H3. The van der Waals surface area contributed by atoms with Crippen molar-refractivity contribution < 1.29 is 5.11 Å². The van der Waals surface area contributed by atoms with Crippen LogP contribution in [0.4, 0.5) is 0 Å². The van der Waals surface area contributed by atoms with E-state index in [1.54, 1.807) is 11.8 Å². The summed E-state index contributed by atoms with van der Waals surface area (Å²) in [6.07, 6.45) is 0. The molecule has 0 spiro atoms. The van der Waals surface area contributed by atoms with Crippen LogP contribution >= 0.6 is 23.5 Å². The van der Waals surface area contributed by atoms with Crippen molar-refractivity contribution >= 4 is 23.5 Å². The Kier molecular flexibility index (Phi) is 4.83. The van der Waals surface area contributed by atoms with Crippen molar-refractivity contribution in [3.63, 3.8) is 0 Å². The lowest BCUT2D eigenvalue weighted by atomic mass is 9.78. The lowest BCUT2D eigenvalue weighted by molar-refractivity contribution is 0.423. The molecule has 1 aromatic carbocycles. The van der Waals surface area contributed by atoms with Crippen LogP contribution < -0.4 is 0 Å². The van der Waals surface area contributed by atoms with Crippen molar-refractivity contribution in [2.45, 2.75) is 69.1 Å². The second-order valence-electron chi connectivity index (χ2n) is 8.66. The Balaban J connectivity index is 2.29. The second-order valence-corrected chi connectivity index (χ2v) is 10.5. The number of thiocyanates is 1. The Labute approximate surface area is 164 Å². The summed E-state index contributed by atoms with van der Waals surface area (Å²) in [6, 6.07) is 4.07. The van der Waals surface area contributed by atoms with Crippen molar-refractivity contribution in [1.29, 1.82) is 5.26 Å². The third kappa shape index (κ3) is 3.35. The maximum atomic E-state index is 10.9. The van der Waals surface area contributed by atoms with Crippen molar-refractivity contribution in [3.8, 4) is 22.4 Å². The molecule has 6 heteroatoms. The summed E-state index contributed by atoms with van der Waals surface area (Å²) < 4.78 is 2.13. The van der Waals surface area contributed by atoms with E-state index in [0.29, 0.717) is 5.75 Å². The van der Waals surface area contributed by atoms with Gasteiger partial charge in [0.05, 0.1) is 0 Å². The van der Waals surface area contributed by atoms with Crippen molar-refractivity contribution in [3.05, 3.63) is 23.3 Å². The fraction of sp³-hybridized carbons (Fsp3) is 0.500. The van der Waals surface area contributed by atoms with Crippen LogP contribution in [-0.2, 0) is 17.4 Å². The second kappa shape index (κ2) is 6.54. The SMILES string of the molecule is CC(C)(C)c1cc(-c2nc3n(c2SC#N)CCS3)cc(C(C)(C)C)c1O. The Hall–Kier alpha value is -1.58. The predicted octanol–water partition coefficient (Wildman–Crippen LogP) is 5.53. The first kappa shape index (κ1) is 19.2. The number of hydrogen-bond acceptors (Lipinski definition) is 5. The maximum Gasteiger partial charge on any atom is 0.169 e. The lowest BCUT2D eigenvalue weighted by Gasteiger charge is -2.28. The Morgan fingerprint density at radius 2 is 1.73 bits per heavy atom. The van der Waals surface area contributed by atoms with E-state index in [2.05, 4.69) is 51.5 Å². The quantitative estimate of drug-likeness (QED) is 0.542. The van der Waals surface area contributed by atoms with E-state index in [1.807, 2.05) is 12.1 Å². The zero-order valence-corrected chi connectivity index (χ0v) is 17.8. The molecule has 138 valence electrons. The average Bonchev–Trinajstić information content (AvgIpc) is 3.08. The number of fused-ring (bicyclic) bond motifs is 1. The zero-order valence-electron chi connectivity index (χ0n) is 16.2. The fourth-order valence-corrected chi connectivity index (χ4v) is 4.85. The van der Waals surface area contributed by atoms with Crippen LogP contribution in [0.25, 0.3) is 11.3 Å². The highest BCUT2D eigenvalue weighted by atomic mass is 32.2. The van der Waals surface area contributed by atoms with Gasteiger partial charge < -0.3 is 9.67 Å². The molecule has 0 saturated heterocycles. The lowest BCUT2D eigenvalue weighted by Crippen LogP contribution is -2.17. The van der Waals surface area contributed by atoms with E-state index >= 15 is 0 Å². The number of rotatable bonds is 2. The molecular formula is C20H25N3OS2. The molecule has 1 aromatic heterocycles. The first-order valence-electron chi connectivity index (χ1n) is 8.71. The highest BCUT2D eigenvalue weighted by Crippen LogP contribution is 2.44. The molecule has 0 fully saturated rings. The molecule has 4 nitrogen and oxygen atoms in total. The summed E-state index contributed by atoms with van der Waals surface area (Å²) in [4.78, 5) is 4.83. The monoisotopic (exact) mass is 387 g/mol. The van der Waals surface area contributed by atoms with Gasteiger partial charge in [-0.05, 0) is 23.0 Å². The third-order valence-electron chi connectivity index (χ3n) is 4.57. The molecule has 0 bridgehead atoms. The summed E-state index contributed by atoms with van der Waals surface area (Å²) >= 11 is 2.90. The van der Waals surface area contributed by atoms with Gasteiger partial charge in [0.25, 0.3) is 0 Å². The number of aromatic hydroxyl groups is 1. The highest BCUT2D eigenvalue weighted by Gasteiger charge is 2.29. The smallest absolute Gasteiger partial charge is 0.169 e. The fourth-order valence-electron chi connectivity index (χ4n) is 3.20. The Morgan fingerprint density at radius 1 is 1.15 bits per heavy atom. The summed E-state index contributed by atoms with van der Waals surface area (Å²) in [5.74, 6) is 1.36. The van der Waals surface area contributed by atoms with Crippen LogP contribution in [0.5, 0.6) is 5.75 Å². The van der Waals surface area contributed by atoms with E-state index < -0.39 is 0 Å². The molecule has 0 radical (unpaired) electrons. The summed E-state index contributed by atoms with van der Waals surface area (Å²) in [5.41, 5.74) is 3.25. The largest absolute Gasteiger partial charge is 0.507 e. The molecule has 2 aromatic rings. The number of nitriles is 1. The summed E-state index contributed by atoms with van der Waals surface area (Å²) in [6.45, 7) is 13.5. The number of hydrogen-bond donors (Lipinski definition) is 1. The van der Waals surface area contributed by atoms with Crippen LogP contribution in [0.3, 0.4) is 0 Å². The number of nitrogens with zero attached hydrogens (tertiary/aromatic N) is 3. The number of phenolic OH excluding ortho intramolecular Hbond substituents is 1. The molecular weight excluding hydrogens is 362 g/mol. The van der Waals surface area contributed by atoms with Crippen LogP contribution in [0, 0.1) is 10.7 Å². The van der Waals surface area contributed by atoms with E-state index in [-0.39, 0.29) is 10.8 Å². The molecule has 3 rings (SSSR count). The number of aromatic nitrogens is 2. The van der Waals surface area contributed by atoms with Gasteiger partial charge in [-0.25, -0.2) is 4.98 Å². The van der Waals surface area contributed by atoms with Gasteiger partial charge in [-0.2, -0.15) is 5.26 Å². The van der Waals surface area contributed by atoms with Crippen LogP contribution in [0.1, 0.15) is 52.7 Å². The van der Waals surface area contributed by atoms with Gasteiger partial charge in [0.15, 0.2) is 5.16 Å². The summed E-state index contributed by atoms with van der Waals surface area (Å²) in [7, 11) is 0. The van der Waals surface area contributed by atoms with Gasteiger partial charge in [-0.1, -0.05) is 53.3 Å². The number of phenols is 1. The van der Waals surface area contributed by atoms with E-state index in [9.17, 15) is 10.4 Å². The Morgan fingerprint density at radius 3 is 2.23 bits per heavy atom. The number of thioether (sulfide) groups is 2. The van der Waals surface area contributed by atoms with Crippen LogP contribution in [-0.4, -0.2) is 20.4 Å². The minimum atomic E-state index is -0.195.